The molecule has 0 radical (unpaired) electrons. The highest BCUT2D eigenvalue weighted by atomic mass is 19.1. The van der Waals surface area contributed by atoms with Gasteiger partial charge in [-0.1, -0.05) is 12.1 Å². The molecule has 0 bridgehead atoms. The van der Waals surface area contributed by atoms with Crippen molar-refractivity contribution in [2.75, 3.05) is 0 Å². The average molecular weight is 272 g/mol. The van der Waals surface area contributed by atoms with Gasteiger partial charge in [0.2, 0.25) is 0 Å². The lowest BCUT2D eigenvalue weighted by Crippen LogP contribution is -2.21. The van der Waals surface area contributed by atoms with Crippen LogP contribution in [0.5, 0.6) is 0 Å². The van der Waals surface area contributed by atoms with E-state index in [1.165, 1.54) is 10.8 Å². The first kappa shape index (κ1) is 12.5. The van der Waals surface area contributed by atoms with Crippen LogP contribution in [0.4, 0.5) is 8.78 Å². The summed E-state index contributed by atoms with van der Waals surface area (Å²) < 4.78 is 28.3. The van der Waals surface area contributed by atoms with Crippen LogP contribution in [0.15, 0.2) is 53.5 Å². The van der Waals surface area contributed by atoms with Gasteiger partial charge in [0.15, 0.2) is 0 Å². The van der Waals surface area contributed by atoms with Gasteiger partial charge in [0.25, 0.3) is 5.56 Å². The Morgan fingerprint density at radius 3 is 2.75 bits per heavy atom. The van der Waals surface area contributed by atoms with E-state index >= 15 is 0 Å². The summed E-state index contributed by atoms with van der Waals surface area (Å²) in [6.07, 6.45) is 1.18. The van der Waals surface area contributed by atoms with E-state index in [4.69, 9.17) is 0 Å². The molecule has 5 heteroatoms. The third kappa shape index (κ3) is 2.18. The Bertz CT molecular complexity index is 843. The van der Waals surface area contributed by atoms with Crippen molar-refractivity contribution in [3.8, 4) is 0 Å². The van der Waals surface area contributed by atoms with Crippen LogP contribution in [0.25, 0.3) is 11.0 Å². The van der Waals surface area contributed by atoms with Crippen LogP contribution < -0.4 is 5.56 Å². The van der Waals surface area contributed by atoms with Crippen molar-refractivity contribution >= 4 is 11.0 Å². The lowest BCUT2D eigenvalue weighted by atomic mass is 10.2. The summed E-state index contributed by atoms with van der Waals surface area (Å²) in [5, 5.41) is 0. The number of para-hydroxylation sites is 2. The van der Waals surface area contributed by atoms with E-state index in [0.29, 0.717) is 11.0 Å². The molecule has 100 valence electrons. The summed E-state index contributed by atoms with van der Waals surface area (Å²) in [4.78, 5) is 15.9. The Hall–Kier alpha value is -2.56. The molecule has 3 nitrogen and oxygen atoms in total. The normalized spacial score (nSPS) is 10.9. The van der Waals surface area contributed by atoms with Gasteiger partial charge in [-0.25, -0.2) is 13.8 Å². The zero-order chi connectivity index (χ0) is 14.1. The molecule has 0 aliphatic heterocycles. The second-order valence-electron chi connectivity index (χ2n) is 4.41. The van der Waals surface area contributed by atoms with E-state index in [1.807, 2.05) is 0 Å². The Kier molecular flexibility index (Phi) is 3.02. The van der Waals surface area contributed by atoms with Gasteiger partial charge in [-0.15, -0.1) is 0 Å². The fraction of sp³-hybridized carbons (Fsp3) is 0.0667. The van der Waals surface area contributed by atoms with Gasteiger partial charge < -0.3 is 4.57 Å². The Balaban J connectivity index is 2.17. The molecule has 3 rings (SSSR count). The van der Waals surface area contributed by atoms with Crippen LogP contribution in [-0.2, 0) is 6.54 Å². The fourth-order valence-electron chi connectivity index (χ4n) is 2.11. The molecule has 2 aromatic carbocycles. The number of hydrogen-bond acceptors (Lipinski definition) is 2. The fourth-order valence-corrected chi connectivity index (χ4v) is 2.11. The first-order valence-electron chi connectivity index (χ1n) is 6.03. The van der Waals surface area contributed by atoms with Crippen molar-refractivity contribution in [3.05, 3.63) is 76.2 Å². The van der Waals surface area contributed by atoms with Crippen molar-refractivity contribution in [3.63, 3.8) is 0 Å². The quantitative estimate of drug-likeness (QED) is 0.719. The summed E-state index contributed by atoms with van der Waals surface area (Å²) in [6, 6.07) is 10.2. The molecule has 3 aromatic rings. The lowest BCUT2D eigenvalue weighted by molar-refractivity contribution is 0.577. The average Bonchev–Trinajstić information content (AvgIpc) is 2.46. The number of benzene rings is 2. The summed E-state index contributed by atoms with van der Waals surface area (Å²) in [5.41, 5.74) is 0.989. The van der Waals surface area contributed by atoms with Gasteiger partial charge in [-0.3, -0.25) is 4.79 Å². The first-order chi connectivity index (χ1) is 9.65. The minimum atomic E-state index is -0.542. The third-order valence-electron chi connectivity index (χ3n) is 3.09. The second-order valence-corrected chi connectivity index (χ2v) is 4.41. The van der Waals surface area contributed by atoms with E-state index in [2.05, 4.69) is 4.98 Å². The predicted molar refractivity (Wildman–Crippen MR) is 71.5 cm³/mol. The topological polar surface area (TPSA) is 34.9 Å². The first-order valence-corrected chi connectivity index (χ1v) is 6.03. The highest BCUT2D eigenvalue weighted by molar-refractivity contribution is 5.74. The maximum atomic E-state index is 13.7. The molecule has 0 aliphatic rings. The zero-order valence-corrected chi connectivity index (χ0v) is 10.4. The molecule has 0 N–H and O–H groups in total. The SMILES string of the molecule is O=c1cnc2ccccc2n1Cc1cc(F)ccc1F. The summed E-state index contributed by atoms with van der Waals surface area (Å²) in [7, 11) is 0. The van der Waals surface area contributed by atoms with Crippen LogP contribution >= 0.6 is 0 Å². The minimum Gasteiger partial charge on any atom is -0.301 e. The molecule has 0 unspecified atom stereocenters. The van der Waals surface area contributed by atoms with Gasteiger partial charge in [0, 0.05) is 5.56 Å². The van der Waals surface area contributed by atoms with E-state index in [-0.39, 0.29) is 17.7 Å². The molecule has 1 heterocycles. The number of fused-ring (bicyclic) bond motifs is 1. The van der Waals surface area contributed by atoms with Crippen molar-refractivity contribution in [1.82, 2.24) is 9.55 Å². The largest absolute Gasteiger partial charge is 0.301 e. The van der Waals surface area contributed by atoms with Gasteiger partial charge in [-0.2, -0.15) is 0 Å². The summed E-state index contributed by atoms with van der Waals surface area (Å²) in [6.45, 7) is -0.0363. The number of nitrogens with zero attached hydrogens (tertiary/aromatic N) is 2. The molecule has 0 fully saturated rings. The number of aromatic nitrogens is 2. The number of halogens is 2. The predicted octanol–water partition coefficient (Wildman–Crippen LogP) is 2.72. The van der Waals surface area contributed by atoms with Gasteiger partial charge in [-0.05, 0) is 30.3 Å². The number of hydrogen-bond donors (Lipinski definition) is 0. The number of rotatable bonds is 2. The zero-order valence-electron chi connectivity index (χ0n) is 10.4. The van der Waals surface area contributed by atoms with Crippen LogP contribution in [0, 0.1) is 11.6 Å². The van der Waals surface area contributed by atoms with Crippen molar-refractivity contribution in [1.29, 1.82) is 0 Å². The van der Waals surface area contributed by atoms with Crippen molar-refractivity contribution < 1.29 is 8.78 Å². The summed E-state index contributed by atoms with van der Waals surface area (Å²) >= 11 is 0. The van der Waals surface area contributed by atoms with Crippen LogP contribution in [0.2, 0.25) is 0 Å². The van der Waals surface area contributed by atoms with Gasteiger partial charge >= 0.3 is 0 Å². The minimum absolute atomic E-state index is 0.0363. The highest BCUT2D eigenvalue weighted by Crippen LogP contribution is 2.14. The monoisotopic (exact) mass is 272 g/mol. The van der Waals surface area contributed by atoms with Gasteiger partial charge in [0.05, 0.1) is 23.8 Å². The maximum Gasteiger partial charge on any atom is 0.269 e. The van der Waals surface area contributed by atoms with Crippen molar-refractivity contribution in [2.45, 2.75) is 6.54 Å². The van der Waals surface area contributed by atoms with E-state index in [9.17, 15) is 13.6 Å². The summed E-state index contributed by atoms with van der Waals surface area (Å²) in [5.74, 6) is -1.08. The molecule has 0 aliphatic carbocycles. The molecule has 1 aromatic heterocycles. The third-order valence-corrected chi connectivity index (χ3v) is 3.09. The molecular weight excluding hydrogens is 262 g/mol. The van der Waals surface area contributed by atoms with E-state index < -0.39 is 11.6 Å². The molecule has 20 heavy (non-hydrogen) atoms. The lowest BCUT2D eigenvalue weighted by Gasteiger charge is -2.10. The molecule has 0 spiro atoms. The molecular formula is C15H10F2N2O. The maximum absolute atomic E-state index is 13.7. The highest BCUT2D eigenvalue weighted by Gasteiger charge is 2.09. The van der Waals surface area contributed by atoms with Crippen molar-refractivity contribution in [2.24, 2.45) is 0 Å². The Morgan fingerprint density at radius 2 is 1.90 bits per heavy atom. The Morgan fingerprint density at radius 1 is 1.10 bits per heavy atom. The van der Waals surface area contributed by atoms with Crippen LogP contribution in [0.1, 0.15) is 5.56 Å². The second kappa shape index (κ2) is 4.85. The van der Waals surface area contributed by atoms with E-state index in [0.717, 1.165) is 18.2 Å². The van der Waals surface area contributed by atoms with Crippen LogP contribution in [0.3, 0.4) is 0 Å². The molecule has 0 saturated heterocycles. The molecule has 0 amide bonds. The van der Waals surface area contributed by atoms with Crippen LogP contribution in [-0.4, -0.2) is 9.55 Å². The smallest absolute Gasteiger partial charge is 0.269 e. The Labute approximate surface area is 113 Å². The standard InChI is InChI=1S/C15H10F2N2O/c16-11-5-6-12(17)10(7-11)9-19-14-4-2-1-3-13(14)18-8-15(19)20/h1-8H,9H2. The molecule has 0 saturated carbocycles. The molecule has 0 atom stereocenters. The van der Waals surface area contributed by atoms with E-state index in [1.54, 1.807) is 24.3 Å². The van der Waals surface area contributed by atoms with Gasteiger partial charge in [0.1, 0.15) is 11.6 Å².